The first-order valence-corrected chi connectivity index (χ1v) is 4.87. The van der Waals surface area contributed by atoms with Crippen molar-refractivity contribution in [3.63, 3.8) is 0 Å². The molecule has 1 rings (SSSR count). The normalized spacial score (nSPS) is 9.53. The summed E-state index contributed by atoms with van der Waals surface area (Å²) in [7, 11) is 2.51. The van der Waals surface area contributed by atoms with Gasteiger partial charge in [-0.3, -0.25) is 0 Å². The van der Waals surface area contributed by atoms with Crippen molar-refractivity contribution in [2.24, 2.45) is 0 Å². The van der Waals surface area contributed by atoms with Crippen molar-refractivity contribution in [1.29, 1.82) is 0 Å². The molecule has 0 aliphatic heterocycles. The molecular weight excluding hydrogens is 224 g/mol. The molecule has 0 unspecified atom stereocenters. The minimum Gasteiger partial charge on any atom is -0.465 e. The third-order valence-electron chi connectivity index (χ3n) is 2.23. The Morgan fingerprint density at radius 1 is 1.18 bits per heavy atom. The predicted molar refractivity (Wildman–Crippen MR) is 58.9 cm³/mol. The third-order valence-corrected chi connectivity index (χ3v) is 2.23. The second-order valence-electron chi connectivity index (χ2n) is 3.23. The van der Waals surface area contributed by atoms with Crippen LogP contribution in [-0.2, 0) is 20.7 Å². The largest absolute Gasteiger partial charge is 0.465 e. The molecule has 0 N–H and O–H groups in total. The lowest BCUT2D eigenvalue weighted by atomic mass is 10.0. The molecule has 0 bridgehead atoms. The molecule has 0 aromatic heterocycles. The van der Waals surface area contributed by atoms with Gasteiger partial charge in [0.2, 0.25) is 0 Å². The van der Waals surface area contributed by atoms with Crippen LogP contribution in [0.1, 0.15) is 26.3 Å². The molecule has 5 nitrogen and oxygen atoms in total. The minimum atomic E-state index is -0.543. The van der Waals surface area contributed by atoms with Crippen molar-refractivity contribution in [3.8, 4) is 0 Å². The van der Waals surface area contributed by atoms with Gasteiger partial charge in [0.15, 0.2) is 0 Å². The van der Waals surface area contributed by atoms with E-state index in [9.17, 15) is 14.4 Å². The zero-order chi connectivity index (χ0) is 12.8. The Bertz CT molecular complexity index is 450. The van der Waals surface area contributed by atoms with Gasteiger partial charge < -0.3 is 14.3 Å². The van der Waals surface area contributed by atoms with Crippen molar-refractivity contribution >= 4 is 18.2 Å². The average molecular weight is 236 g/mol. The molecule has 1 aromatic rings. The number of hydrogen-bond acceptors (Lipinski definition) is 5. The molecule has 0 fully saturated rings. The fourth-order valence-electron chi connectivity index (χ4n) is 1.41. The van der Waals surface area contributed by atoms with E-state index in [1.54, 1.807) is 0 Å². The zero-order valence-corrected chi connectivity index (χ0v) is 9.56. The van der Waals surface area contributed by atoms with Crippen LogP contribution in [0, 0.1) is 0 Å². The molecular formula is C12H12O5. The van der Waals surface area contributed by atoms with Crippen LogP contribution in [0.2, 0.25) is 0 Å². The molecule has 0 heterocycles. The van der Waals surface area contributed by atoms with Gasteiger partial charge in [-0.1, -0.05) is 0 Å². The topological polar surface area (TPSA) is 69.7 Å². The number of methoxy groups -OCH3 is 2. The van der Waals surface area contributed by atoms with Gasteiger partial charge in [-0.15, -0.1) is 0 Å². The van der Waals surface area contributed by atoms with Gasteiger partial charge in [0, 0.05) is 6.42 Å². The molecule has 0 radical (unpaired) electrons. The van der Waals surface area contributed by atoms with E-state index in [1.807, 2.05) is 0 Å². The van der Waals surface area contributed by atoms with E-state index in [0.29, 0.717) is 11.8 Å². The first-order valence-electron chi connectivity index (χ1n) is 4.87. The van der Waals surface area contributed by atoms with E-state index < -0.39 is 11.9 Å². The number of rotatable bonds is 4. The first-order chi connectivity index (χ1) is 8.13. The van der Waals surface area contributed by atoms with E-state index in [0.717, 1.165) is 0 Å². The Morgan fingerprint density at radius 2 is 1.82 bits per heavy atom. The van der Waals surface area contributed by atoms with Crippen molar-refractivity contribution in [2.75, 3.05) is 14.2 Å². The second-order valence-corrected chi connectivity index (χ2v) is 3.23. The molecule has 5 heteroatoms. The van der Waals surface area contributed by atoms with Gasteiger partial charge in [-0.2, -0.15) is 0 Å². The number of benzene rings is 1. The third kappa shape index (κ3) is 2.90. The molecule has 0 aliphatic rings. The summed E-state index contributed by atoms with van der Waals surface area (Å²) in [6.07, 6.45) is 0.693. The van der Waals surface area contributed by atoms with Gasteiger partial charge in [-0.25, -0.2) is 9.59 Å². The number of ether oxygens (including phenoxy) is 2. The summed E-state index contributed by atoms with van der Waals surface area (Å²) in [5.41, 5.74) is 0.999. The molecule has 17 heavy (non-hydrogen) atoms. The molecule has 0 spiro atoms. The highest BCUT2D eigenvalue weighted by Crippen LogP contribution is 2.14. The van der Waals surface area contributed by atoms with E-state index in [-0.39, 0.29) is 17.5 Å². The standard InChI is InChI=1S/C12H12O5/c1-16-11(14)9-3-4-10(12(15)17-2)8(7-9)5-6-13/h3-4,6-7H,5H2,1-2H3. The smallest absolute Gasteiger partial charge is 0.338 e. The Morgan fingerprint density at radius 3 is 2.35 bits per heavy atom. The van der Waals surface area contributed by atoms with Crippen molar-refractivity contribution in [2.45, 2.75) is 6.42 Å². The van der Waals surface area contributed by atoms with Crippen LogP contribution in [-0.4, -0.2) is 32.4 Å². The Hall–Kier alpha value is -2.17. The van der Waals surface area contributed by atoms with Crippen LogP contribution in [0.15, 0.2) is 18.2 Å². The molecule has 0 saturated carbocycles. The lowest BCUT2D eigenvalue weighted by Gasteiger charge is -2.07. The van der Waals surface area contributed by atoms with E-state index >= 15 is 0 Å². The maximum Gasteiger partial charge on any atom is 0.338 e. The summed E-state index contributed by atoms with van der Waals surface area (Å²) < 4.78 is 9.13. The highest BCUT2D eigenvalue weighted by Gasteiger charge is 2.14. The quantitative estimate of drug-likeness (QED) is 0.576. The molecule has 90 valence electrons. The van der Waals surface area contributed by atoms with Gasteiger partial charge in [0.1, 0.15) is 6.29 Å². The predicted octanol–water partition coefficient (Wildman–Crippen LogP) is 1.00. The van der Waals surface area contributed by atoms with Crippen LogP contribution in [0.5, 0.6) is 0 Å². The van der Waals surface area contributed by atoms with E-state index in [2.05, 4.69) is 9.47 Å². The monoisotopic (exact) mass is 236 g/mol. The van der Waals surface area contributed by atoms with Crippen LogP contribution < -0.4 is 0 Å². The fraction of sp³-hybridized carbons (Fsp3) is 0.250. The lowest BCUT2D eigenvalue weighted by Crippen LogP contribution is -2.09. The number of carbonyl (C=O) groups is 3. The summed E-state index contributed by atoms with van der Waals surface area (Å²) in [6, 6.07) is 4.34. The fourth-order valence-corrected chi connectivity index (χ4v) is 1.41. The van der Waals surface area contributed by atoms with Gasteiger partial charge in [0.25, 0.3) is 0 Å². The summed E-state index contributed by atoms with van der Waals surface area (Å²) in [5.74, 6) is -1.06. The summed E-state index contributed by atoms with van der Waals surface area (Å²) in [4.78, 5) is 33.2. The Labute approximate surface area is 98.3 Å². The molecule has 0 atom stereocenters. The van der Waals surface area contributed by atoms with Crippen molar-refractivity contribution in [3.05, 3.63) is 34.9 Å². The van der Waals surface area contributed by atoms with Crippen LogP contribution in [0.3, 0.4) is 0 Å². The summed E-state index contributed by atoms with van der Waals surface area (Å²) in [5, 5.41) is 0. The maximum atomic E-state index is 11.4. The Balaban J connectivity index is 3.20. The molecule has 0 amide bonds. The summed E-state index contributed by atoms with van der Waals surface area (Å²) in [6.45, 7) is 0. The first kappa shape index (κ1) is 12.9. The van der Waals surface area contributed by atoms with Crippen LogP contribution in [0.4, 0.5) is 0 Å². The number of esters is 2. The molecule has 0 saturated heterocycles. The Kier molecular flexibility index (Phi) is 4.39. The average Bonchev–Trinajstić information content (AvgIpc) is 2.37. The highest BCUT2D eigenvalue weighted by atomic mass is 16.5. The lowest BCUT2D eigenvalue weighted by molar-refractivity contribution is -0.107. The van der Waals surface area contributed by atoms with Gasteiger partial charge in [0.05, 0.1) is 25.3 Å². The highest BCUT2D eigenvalue weighted by molar-refractivity contribution is 5.95. The van der Waals surface area contributed by atoms with Crippen molar-refractivity contribution < 1.29 is 23.9 Å². The second kappa shape index (κ2) is 5.79. The molecule has 1 aromatic carbocycles. The van der Waals surface area contributed by atoms with Crippen molar-refractivity contribution in [1.82, 2.24) is 0 Å². The zero-order valence-electron chi connectivity index (χ0n) is 9.56. The van der Waals surface area contributed by atoms with E-state index in [4.69, 9.17) is 0 Å². The minimum absolute atomic E-state index is 0.0370. The number of hydrogen-bond donors (Lipinski definition) is 0. The molecule has 0 aliphatic carbocycles. The number of carbonyl (C=O) groups excluding carboxylic acids is 3. The van der Waals surface area contributed by atoms with Gasteiger partial charge in [-0.05, 0) is 23.8 Å². The maximum absolute atomic E-state index is 11.4. The SMILES string of the molecule is COC(=O)c1ccc(C(=O)OC)c(CC=O)c1. The van der Waals surface area contributed by atoms with Crippen LogP contribution >= 0.6 is 0 Å². The summed E-state index contributed by atoms with van der Waals surface area (Å²) >= 11 is 0. The van der Waals surface area contributed by atoms with Crippen LogP contribution in [0.25, 0.3) is 0 Å². The van der Waals surface area contributed by atoms with Gasteiger partial charge >= 0.3 is 11.9 Å². The number of aldehydes is 1. The van der Waals surface area contributed by atoms with E-state index in [1.165, 1.54) is 32.4 Å².